The summed E-state index contributed by atoms with van der Waals surface area (Å²) < 4.78 is 0. The lowest BCUT2D eigenvalue weighted by Crippen LogP contribution is -2.50. The first-order chi connectivity index (χ1) is 7.73. The van der Waals surface area contributed by atoms with Gasteiger partial charge in [0.1, 0.15) is 6.04 Å². The Morgan fingerprint density at radius 2 is 1.59 bits per heavy atom. The van der Waals surface area contributed by atoms with Crippen LogP contribution in [0.15, 0.2) is 0 Å². The van der Waals surface area contributed by atoms with Crippen molar-refractivity contribution in [1.82, 2.24) is 10.6 Å². The van der Waals surface area contributed by atoms with Gasteiger partial charge in [-0.15, -0.1) is 0 Å². The molecule has 98 valence electrons. The summed E-state index contributed by atoms with van der Waals surface area (Å²) in [5.41, 5.74) is 0. The molecular formula is C10H18N2O5. The van der Waals surface area contributed by atoms with E-state index in [2.05, 4.69) is 10.6 Å². The normalized spacial score (nSPS) is 13.9. The minimum atomic E-state index is -1.42. The maximum atomic E-state index is 11.4. The van der Waals surface area contributed by atoms with Gasteiger partial charge in [-0.1, -0.05) is 13.8 Å². The number of carbonyl (C=O) groups excluding carboxylic acids is 1. The number of carbonyl (C=O) groups is 3. The van der Waals surface area contributed by atoms with Crippen LogP contribution in [0.25, 0.3) is 0 Å². The van der Waals surface area contributed by atoms with E-state index < -0.39 is 30.4 Å². The molecule has 0 aliphatic heterocycles. The molecule has 0 aliphatic rings. The molecule has 0 fully saturated rings. The summed E-state index contributed by atoms with van der Waals surface area (Å²) in [5, 5.41) is 21.8. The van der Waals surface area contributed by atoms with Crippen molar-refractivity contribution in [2.45, 2.75) is 39.3 Å². The van der Waals surface area contributed by atoms with E-state index in [0.717, 1.165) is 0 Å². The van der Waals surface area contributed by atoms with E-state index in [1.165, 1.54) is 0 Å². The van der Waals surface area contributed by atoms with Crippen LogP contribution < -0.4 is 10.6 Å². The Morgan fingerprint density at radius 3 is 1.94 bits per heavy atom. The van der Waals surface area contributed by atoms with Crippen LogP contribution in [0.4, 0.5) is 4.79 Å². The Kier molecular flexibility index (Phi) is 6.01. The Morgan fingerprint density at radius 1 is 1.06 bits per heavy atom. The first-order valence-electron chi connectivity index (χ1n) is 5.25. The lowest BCUT2D eigenvalue weighted by molar-refractivity contribution is -0.145. The number of hydrogen-bond donors (Lipinski definition) is 4. The van der Waals surface area contributed by atoms with E-state index in [1.54, 1.807) is 6.92 Å². The summed E-state index contributed by atoms with van der Waals surface area (Å²) in [4.78, 5) is 32.5. The highest BCUT2D eigenvalue weighted by Crippen LogP contribution is 2.00. The summed E-state index contributed by atoms with van der Waals surface area (Å²) in [6, 6.07) is -2.24. The van der Waals surface area contributed by atoms with E-state index in [-0.39, 0.29) is 12.0 Å². The lowest BCUT2D eigenvalue weighted by atomic mass is 10.1. The number of hydrogen-bond acceptors (Lipinski definition) is 3. The summed E-state index contributed by atoms with van der Waals surface area (Å²) >= 11 is 0. The minimum absolute atomic E-state index is 0.130. The highest BCUT2D eigenvalue weighted by molar-refractivity contribution is 5.86. The van der Waals surface area contributed by atoms with Crippen LogP contribution in [-0.4, -0.2) is 40.3 Å². The van der Waals surface area contributed by atoms with Gasteiger partial charge < -0.3 is 20.8 Å². The van der Waals surface area contributed by atoms with Crippen molar-refractivity contribution in [2.24, 2.45) is 5.92 Å². The molecule has 0 aliphatic carbocycles. The molecule has 0 bridgehead atoms. The van der Waals surface area contributed by atoms with Crippen molar-refractivity contribution in [1.29, 1.82) is 0 Å². The fourth-order valence-corrected chi connectivity index (χ4v) is 0.948. The average molecular weight is 246 g/mol. The standard InChI is InChI=1S/C10H18N2O5/c1-5(2)6(3)11-10(17)12-7(9(15)16)4-8(13)14/h5-7H,4H2,1-3H3,(H,13,14)(H,15,16)(H2,11,12,17)/t6?,7-/m0/s1. The van der Waals surface area contributed by atoms with Gasteiger partial charge in [-0.2, -0.15) is 0 Å². The average Bonchev–Trinajstić information content (AvgIpc) is 2.15. The van der Waals surface area contributed by atoms with Crippen molar-refractivity contribution in [3.05, 3.63) is 0 Å². The molecule has 0 aromatic heterocycles. The predicted molar refractivity (Wildman–Crippen MR) is 59.6 cm³/mol. The zero-order chi connectivity index (χ0) is 13.6. The van der Waals surface area contributed by atoms with Crippen molar-refractivity contribution in [2.75, 3.05) is 0 Å². The molecule has 0 saturated heterocycles. The molecule has 7 heteroatoms. The van der Waals surface area contributed by atoms with Gasteiger partial charge >= 0.3 is 18.0 Å². The monoisotopic (exact) mass is 246 g/mol. The fraction of sp³-hybridized carbons (Fsp3) is 0.700. The van der Waals surface area contributed by atoms with Gasteiger partial charge in [-0.05, 0) is 12.8 Å². The zero-order valence-electron chi connectivity index (χ0n) is 10.1. The molecule has 0 spiro atoms. The third kappa shape index (κ3) is 6.39. The maximum Gasteiger partial charge on any atom is 0.326 e. The molecule has 2 atom stereocenters. The quantitative estimate of drug-likeness (QED) is 0.536. The van der Waals surface area contributed by atoms with Crippen LogP contribution in [0.3, 0.4) is 0 Å². The van der Waals surface area contributed by atoms with E-state index in [9.17, 15) is 14.4 Å². The van der Waals surface area contributed by atoms with Crippen LogP contribution in [0.5, 0.6) is 0 Å². The number of amides is 2. The number of nitrogens with one attached hydrogen (secondary N) is 2. The molecule has 0 rings (SSSR count). The fourth-order valence-electron chi connectivity index (χ4n) is 0.948. The molecule has 1 unspecified atom stereocenters. The van der Waals surface area contributed by atoms with Crippen LogP contribution in [-0.2, 0) is 9.59 Å². The molecule has 0 radical (unpaired) electrons. The van der Waals surface area contributed by atoms with Crippen LogP contribution >= 0.6 is 0 Å². The van der Waals surface area contributed by atoms with E-state index in [0.29, 0.717) is 0 Å². The highest BCUT2D eigenvalue weighted by atomic mass is 16.4. The van der Waals surface area contributed by atoms with Gasteiger partial charge in [-0.3, -0.25) is 4.79 Å². The topological polar surface area (TPSA) is 116 Å². The van der Waals surface area contributed by atoms with E-state index in [4.69, 9.17) is 10.2 Å². The molecule has 0 saturated carbocycles. The molecular weight excluding hydrogens is 228 g/mol. The molecule has 0 aromatic carbocycles. The second kappa shape index (κ2) is 6.72. The SMILES string of the molecule is CC(C)C(C)NC(=O)N[C@@H](CC(=O)O)C(=O)O. The smallest absolute Gasteiger partial charge is 0.326 e. The maximum absolute atomic E-state index is 11.4. The largest absolute Gasteiger partial charge is 0.481 e. The second-order valence-electron chi connectivity index (χ2n) is 4.14. The number of carboxylic acids is 2. The Hall–Kier alpha value is -1.79. The van der Waals surface area contributed by atoms with E-state index >= 15 is 0 Å². The van der Waals surface area contributed by atoms with Crippen LogP contribution in [0.1, 0.15) is 27.2 Å². The summed E-state index contributed by atoms with van der Waals surface area (Å²) in [6.45, 7) is 5.57. The second-order valence-corrected chi connectivity index (χ2v) is 4.14. The molecule has 4 N–H and O–H groups in total. The van der Waals surface area contributed by atoms with Crippen LogP contribution in [0, 0.1) is 5.92 Å². The Labute approximate surface area is 99.2 Å². The van der Waals surface area contributed by atoms with Crippen molar-refractivity contribution in [3.8, 4) is 0 Å². The molecule has 7 nitrogen and oxygen atoms in total. The van der Waals surface area contributed by atoms with E-state index in [1.807, 2.05) is 13.8 Å². The van der Waals surface area contributed by atoms with Gasteiger partial charge in [0.25, 0.3) is 0 Å². The third-order valence-electron chi connectivity index (χ3n) is 2.34. The molecule has 0 aromatic rings. The number of rotatable bonds is 6. The van der Waals surface area contributed by atoms with Gasteiger partial charge in [0.2, 0.25) is 0 Å². The van der Waals surface area contributed by atoms with Crippen molar-refractivity contribution in [3.63, 3.8) is 0 Å². The Balaban J connectivity index is 4.31. The summed E-state index contributed by atoms with van der Waals surface area (Å²) in [7, 11) is 0. The molecule has 17 heavy (non-hydrogen) atoms. The first kappa shape index (κ1) is 15.2. The van der Waals surface area contributed by atoms with Crippen LogP contribution in [0.2, 0.25) is 0 Å². The number of aliphatic carboxylic acids is 2. The zero-order valence-corrected chi connectivity index (χ0v) is 10.1. The summed E-state index contributed by atoms with van der Waals surface area (Å²) in [5.74, 6) is -2.46. The van der Waals surface area contributed by atoms with Gasteiger partial charge in [0, 0.05) is 6.04 Å². The van der Waals surface area contributed by atoms with Gasteiger partial charge in [-0.25, -0.2) is 9.59 Å². The predicted octanol–water partition coefficient (Wildman–Crippen LogP) is 0.258. The Bertz CT molecular complexity index is 303. The lowest BCUT2D eigenvalue weighted by Gasteiger charge is -2.19. The minimum Gasteiger partial charge on any atom is -0.481 e. The first-order valence-corrected chi connectivity index (χ1v) is 5.25. The van der Waals surface area contributed by atoms with Crippen molar-refractivity contribution >= 4 is 18.0 Å². The number of carboxylic acid groups (broad SMARTS) is 2. The van der Waals surface area contributed by atoms with Gasteiger partial charge in [0.05, 0.1) is 6.42 Å². The molecule has 0 heterocycles. The van der Waals surface area contributed by atoms with Crippen molar-refractivity contribution < 1.29 is 24.6 Å². The highest BCUT2D eigenvalue weighted by Gasteiger charge is 2.23. The van der Waals surface area contributed by atoms with Gasteiger partial charge in [0.15, 0.2) is 0 Å². The number of urea groups is 1. The molecule has 2 amide bonds. The third-order valence-corrected chi connectivity index (χ3v) is 2.34. The summed E-state index contributed by atoms with van der Waals surface area (Å²) in [6.07, 6.45) is -0.654.